The Morgan fingerprint density at radius 2 is 2.32 bits per heavy atom. The summed E-state index contributed by atoms with van der Waals surface area (Å²) in [6, 6.07) is 5.62. The third-order valence-electron chi connectivity index (χ3n) is 3.67. The van der Waals surface area contributed by atoms with Crippen molar-refractivity contribution in [3.8, 4) is 0 Å². The van der Waals surface area contributed by atoms with Crippen LogP contribution < -0.4 is 5.32 Å². The summed E-state index contributed by atoms with van der Waals surface area (Å²) >= 11 is 5.85. The standard InChI is InChI=1S/C15H22ClFN2/c1-2-8-19(13-4-3-7-18-10-13)11-12-5-6-15(17)14(16)9-12/h5-6,9,13,18H,2-4,7-8,10-11H2,1H3. The second kappa shape index (κ2) is 7.22. The Bertz CT molecular complexity index is 405. The van der Waals surface area contributed by atoms with Gasteiger partial charge in [-0.15, -0.1) is 0 Å². The number of rotatable bonds is 5. The zero-order chi connectivity index (χ0) is 13.7. The lowest BCUT2D eigenvalue weighted by molar-refractivity contribution is 0.158. The van der Waals surface area contributed by atoms with E-state index in [0.717, 1.165) is 38.2 Å². The van der Waals surface area contributed by atoms with Gasteiger partial charge in [0, 0.05) is 19.1 Å². The maximum Gasteiger partial charge on any atom is 0.141 e. The topological polar surface area (TPSA) is 15.3 Å². The van der Waals surface area contributed by atoms with Crippen LogP contribution >= 0.6 is 11.6 Å². The zero-order valence-electron chi connectivity index (χ0n) is 11.5. The van der Waals surface area contributed by atoms with Crippen LogP contribution in [-0.4, -0.2) is 30.6 Å². The monoisotopic (exact) mass is 284 g/mol. The predicted molar refractivity (Wildman–Crippen MR) is 78.0 cm³/mol. The van der Waals surface area contributed by atoms with Crippen molar-refractivity contribution < 1.29 is 4.39 Å². The van der Waals surface area contributed by atoms with Crippen LogP contribution in [0.1, 0.15) is 31.7 Å². The van der Waals surface area contributed by atoms with Gasteiger partial charge in [0.05, 0.1) is 5.02 Å². The van der Waals surface area contributed by atoms with Crippen LogP contribution in [0.2, 0.25) is 5.02 Å². The van der Waals surface area contributed by atoms with Gasteiger partial charge in [-0.3, -0.25) is 4.90 Å². The maximum atomic E-state index is 13.2. The Morgan fingerprint density at radius 1 is 1.47 bits per heavy atom. The van der Waals surface area contributed by atoms with Gasteiger partial charge in [-0.05, 0) is 50.0 Å². The van der Waals surface area contributed by atoms with E-state index in [1.165, 1.54) is 18.9 Å². The molecule has 1 fully saturated rings. The van der Waals surface area contributed by atoms with Crippen LogP contribution in [0.5, 0.6) is 0 Å². The normalized spacial score (nSPS) is 19.9. The van der Waals surface area contributed by atoms with Crippen LogP contribution in [0.15, 0.2) is 18.2 Å². The Labute approximate surface area is 119 Å². The summed E-state index contributed by atoms with van der Waals surface area (Å²) < 4.78 is 13.2. The lowest BCUT2D eigenvalue weighted by Crippen LogP contribution is -2.45. The summed E-state index contributed by atoms with van der Waals surface area (Å²) in [5.41, 5.74) is 1.09. The smallest absolute Gasteiger partial charge is 0.141 e. The molecule has 106 valence electrons. The maximum absolute atomic E-state index is 13.2. The van der Waals surface area contributed by atoms with E-state index in [-0.39, 0.29) is 10.8 Å². The lowest BCUT2D eigenvalue weighted by atomic mass is 10.0. The predicted octanol–water partition coefficient (Wildman–Crippen LogP) is 3.44. The van der Waals surface area contributed by atoms with E-state index >= 15 is 0 Å². The van der Waals surface area contributed by atoms with E-state index in [2.05, 4.69) is 17.1 Å². The highest BCUT2D eigenvalue weighted by molar-refractivity contribution is 6.30. The summed E-state index contributed by atoms with van der Waals surface area (Å²) in [5, 5.41) is 3.67. The fourth-order valence-corrected chi connectivity index (χ4v) is 2.90. The van der Waals surface area contributed by atoms with Crippen molar-refractivity contribution in [1.82, 2.24) is 10.2 Å². The van der Waals surface area contributed by atoms with Crippen LogP contribution in [0.25, 0.3) is 0 Å². The third-order valence-corrected chi connectivity index (χ3v) is 3.96. The van der Waals surface area contributed by atoms with Crippen molar-refractivity contribution in [1.29, 1.82) is 0 Å². The highest BCUT2D eigenvalue weighted by Crippen LogP contribution is 2.19. The molecule has 1 heterocycles. The van der Waals surface area contributed by atoms with Gasteiger partial charge in [0.25, 0.3) is 0 Å². The van der Waals surface area contributed by atoms with Crippen molar-refractivity contribution in [2.45, 2.75) is 38.8 Å². The van der Waals surface area contributed by atoms with Crippen LogP contribution in [0.4, 0.5) is 4.39 Å². The minimum Gasteiger partial charge on any atom is -0.315 e. The van der Waals surface area contributed by atoms with E-state index in [0.29, 0.717) is 6.04 Å². The molecule has 1 saturated heterocycles. The molecule has 1 aliphatic rings. The molecule has 0 amide bonds. The molecule has 1 aliphatic heterocycles. The quantitative estimate of drug-likeness (QED) is 0.891. The van der Waals surface area contributed by atoms with Gasteiger partial charge in [-0.25, -0.2) is 4.39 Å². The van der Waals surface area contributed by atoms with Crippen molar-refractivity contribution in [2.24, 2.45) is 0 Å². The molecular formula is C15H22ClFN2. The summed E-state index contributed by atoms with van der Waals surface area (Å²) in [4.78, 5) is 2.48. The number of nitrogens with zero attached hydrogens (tertiary/aromatic N) is 1. The van der Waals surface area contributed by atoms with Gasteiger partial charge in [0.1, 0.15) is 5.82 Å². The van der Waals surface area contributed by atoms with Crippen molar-refractivity contribution in [3.63, 3.8) is 0 Å². The van der Waals surface area contributed by atoms with Crippen LogP contribution in [-0.2, 0) is 6.54 Å². The van der Waals surface area contributed by atoms with E-state index in [4.69, 9.17) is 11.6 Å². The summed E-state index contributed by atoms with van der Waals surface area (Å²) in [5.74, 6) is -0.341. The largest absolute Gasteiger partial charge is 0.315 e. The average molecular weight is 285 g/mol. The minimum atomic E-state index is -0.341. The first-order chi connectivity index (χ1) is 9.20. The second-order valence-electron chi connectivity index (χ2n) is 5.22. The molecule has 0 radical (unpaired) electrons. The minimum absolute atomic E-state index is 0.218. The van der Waals surface area contributed by atoms with Crippen molar-refractivity contribution in [2.75, 3.05) is 19.6 Å². The summed E-state index contributed by atoms with van der Waals surface area (Å²) in [6.07, 6.45) is 3.60. The zero-order valence-corrected chi connectivity index (χ0v) is 12.2. The average Bonchev–Trinajstić information content (AvgIpc) is 2.43. The number of hydrogen-bond donors (Lipinski definition) is 1. The van der Waals surface area contributed by atoms with E-state index in [1.54, 1.807) is 6.07 Å². The molecule has 0 aromatic heterocycles. The molecule has 0 bridgehead atoms. The fraction of sp³-hybridized carbons (Fsp3) is 0.600. The molecule has 1 atom stereocenters. The van der Waals surface area contributed by atoms with Gasteiger partial charge in [0.15, 0.2) is 0 Å². The Balaban J connectivity index is 2.04. The molecule has 4 heteroatoms. The third kappa shape index (κ3) is 4.16. The molecule has 19 heavy (non-hydrogen) atoms. The van der Waals surface area contributed by atoms with Crippen LogP contribution in [0.3, 0.4) is 0 Å². The lowest BCUT2D eigenvalue weighted by Gasteiger charge is -2.34. The molecular weight excluding hydrogens is 263 g/mol. The molecule has 0 aliphatic carbocycles. The summed E-state index contributed by atoms with van der Waals surface area (Å²) in [7, 11) is 0. The number of halogens is 2. The fourth-order valence-electron chi connectivity index (χ4n) is 2.70. The highest BCUT2D eigenvalue weighted by atomic mass is 35.5. The Morgan fingerprint density at radius 3 is 2.95 bits per heavy atom. The van der Waals surface area contributed by atoms with E-state index < -0.39 is 0 Å². The molecule has 2 rings (SSSR count). The number of benzene rings is 1. The van der Waals surface area contributed by atoms with Gasteiger partial charge < -0.3 is 5.32 Å². The Hall–Kier alpha value is -0.640. The molecule has 1 N–H and O–H groups in total. The molecule has 1 aromatic carbocycles. The van der Waals surface area contributed by atoms with E-state index in [1.807, 2.05) is 6.07 Å². The first-order valence-corrected chi connectivity index (χ1v) is 7.47. The van der Waals surface area contributed by atoms with Crippen LogP contribution in [0, 0.1) is 5.82 Å². The van der Waals surface area contributed by atoms with Gasteiger partial charge in [-0.2, -0.15) is 0 Å². The molecule has 0 spiro atoms. The summed E-state index contributed by atoms with van der Waals surface area (Å²) in [6.45, 7) is 6.29. The molecule has 1 aromatic rings. The number of hydrogen-bond acceptors (Lipinski definition) is 2. The first kappa shape index (κ1) is 14.8. The van der Waals surface area contributed by atoms with E-state index in [9.17, 15) is 4.39 Å². The molecule has 0 saturated carbocycles. The molecule has 1 unspecified atom stereocenters. The van der Waals surface area contributed by atoms with Gasteiger partial charge in [0.2, 0.25) is 0 Å². The van der Waals surface area contributed by atoms with Gasteiger partial charge >= 0.3 is 0 Å². The highest BCUT2D eigenvalue weighted by Gasteiger charge is 2.20. The van der Waals surface area contributed by atoms with Crippen molar-refractivity contribution in [3.05, 3.63) is 34.6 Å². The SMILES string of the molecule is CCCN(Cc1ccc(F)c(Cl)c1)C1CCCNC1. The molecule has 2 nitrogen and oxygen atoms in total. The Kier molecular flexibility index (Phi) is 5.61. The number of piperidine rings is 1. The van der Waals surface area contributed by atoms with Gasteiger partial charge in [-0.1, -0.05) is 24.6 Å². The second-order valence-corrected chi connectivity index (χ2v) is 5.63. The van der Waals surface area contributed by atoms with Crippen molar-refractivity contribution >= 4 is 11.6 Å². The number of nitrogens with one attached hydrogen (secondary N) is 1. The first-order valence-electron chi connectivity index (χ1n) is 7.09.